The molecule has 1 atom stereocenters. The number of rotatable bonds is 4. The molecule has 2 aromatic rings. The van der Waals surface area contributed by atoms with Crippen LogP contribution in [0.1, 0.15) is 35.6 Å². The number of halogens is 1. The molecule has 0 saturated heterocycles. The lowest BCUT2D eigenvalue weighted by molar-refractivity contribution is 0.170. The molecule has 5 nitrogen and oxygen atoms in total. The van der Waals surface area contributed by atoms with Crippen molar-refractivity contribution in [3.8, 4) is 0 Å². The molecule has 0 radical (unpaired) electrons. The van der Waals surface area contributed by atoms with E-state index in [9.17, 15) is 12.8 Å². The average molecular weight is 402 g/mol. The molecule has 4 rings (SSSR count). The first-order valence-corrected chi connectivity index (χ1v) is 10.8. The van der Waals surface area contributed by atoms with Crippen LogP contribution in [0.4, 0.5) is 4.39 Å². The second-order valence-electron chi connectivity index (χ2n) is 7.76. The van der Waals surface area contributed by atoms with Gasteiger partial charge in [-0.1, -0.05) is 30.3 Å². The molecule has 28 heavy (non-hydrogen) atoms. The summed E-state index contributed by atoms with van der Waals surface area (Å²) in [5.74, 6) is -0.362. The summed E-state index contributed by atoms with van der Waals surface area (Å²) in [7, 11) is -2.16. The van der Waals surface area contributed by atoms with Crippen molar-refractivity contribution in [2.45, 2.75) is 31.7 Å². The lowest BCUT2D eigenvalue weighted by atomic mass is 9.82. The van der Waals surface area contributed by atoms with Gasteiger partial charge in [-0.2, -0.15) is 0 Å². The van der Waals surface area contributed by atoms with Gasteiger partial charge in [-0.15, -0.1) is 0 Å². The highest BCUT2D eigenvalue weighted by molar-refractivity contribution is 7.93. The number of fused-ring (bicyclic) bond motifs is 1. The molecule has 0 saturated carbocycles. The predicted octanol–water partition coefficient (Wildman–Crippen LogP) is 2.87. The highest BCUT2D eigenvalue weighted by Gasteiger charge is 2.43. The molecule has 148 valence electrons. The first-order chi connectivity index (χ1) is 13.2. The number of nitrogens with two attached hydrogens (primary N) is 1. The van der Waals surface area contributed by atoms with Crippen LogP contribution in [0.15, 0.2) is 53.7 Å². The summed E-state index contributed by atoms with van der Waals surface area (Å²) in [4.78, 5) is 3.51. The van der Waals surface area contributed by atoms with Crippen LogP contribution in [0.25, 0.3) is 0 Å². The minimum Gasteiger partial charge on any atom is -0.360 e. The van der Waals surface area contributed by atoms with Crippen LogP contribution < -0.4 is 5.14 Å². The molecule has 1 aliphatic heterocycles. The number of sulfonamides is 1. The highest BCUT2D eigenvalue weighted by Crippen LogP contribution is 2.42. The maximum atomic E-state index is 14.1. The summed E-state index contributed by atoms with van der Waals surface area (Å²) in [6.45, 7) is 2.26. The van der Waals surface area contributed by atoms with E-state index < -0.39 is 15.6 Å². The fraction of sp³-hybridized carbons (Fsp3) is 0.333. The third kappa shape index (κ3) is 3.08. The molecular weight excluding hydrogens is 377 g/mol. The van der Waals surface area contributed by atoms with Crippen LogP contribution in [0, 0.1) is 5.82 Å². The van der Waals surface area contributed by atoms with Gasteiger partial charge in [-0.05, 0) is 60.6 Å². The van der Waals surface area contributed by atoms with E-state index in [4.69, 9.17) is 5.14 Å². The lowest BCUT2D eigenvalue weighted by Gasteiger charge is -2.42. The fourth-order valence-corrected chi connectivity index (χ4v) is 5.20. The number of primary sulfonamides is 1. The van der Waals surface area contributed by atoms with E-state index in [-0.39, 0.29) is 10.8 Å². The van der Waals surface area contributed by atoms with Crippen LogP contribution in [0.3, 0.4) is 0 Å². The van der Waals surface area contributed by atoms with Gasteiger partial charge < -0.3 is 9.80 Å². The van der Waals surface area contributed by atoms with Crippen molar-refractivity contribution in [3.05, 3.63) is 81.8 Å². The Hall–Kier alpha value is -2.38. The molecule has 0 fully saturated rings. The van der Waals surface area contributed by atoms with E-state index in [1.807, 2.05) is 19.1 Å². The summed E-state index contributed by atoms with van der Waals surface area (Å²) in [5.41, 5.74) is 3.29. The normalized spacial score (nSPS) is 18.8. The molecule has 2 N–H and O–H groups in total. The number of hydrogen-bond acceptors (Lipinski definition) is 4. The lowest BCUT2D eigenvalue weighted by Crippen LogP contribution is -2.46. The van der Waals surface area contributed by atoms with Crippen molar-refractivity contribution >= 4 is 10.0 Å². The molecule has 0 aromatic heterocycles. The zero-order chi connectivity index (χ0) is 20.1. The van der Waals surface area contributed by atoms with Gasteiger partial charge in [-0.25, -0.2) is 17.9 Å². The summed E-state index contributed by atoms with van der Waals surface area (Å²) >= 11 is 0. The fourth-order valence-electron chi connectivity index (χ4n) is 4.32. The van der Waals surface area contributed by atoms with Gasteiger partial charge in [0, 0.05) is 13.2 Å². The van der Waals surface area contributed by atoms with Crippen molar-refractivity contribution in [3.63, 3.8) is 0 Å². The Morgan fingerprint density at radius 1 is 1.07 bits per heavy atom. The van der Waals surface area contributed by atoms with E-state index in [1.165, 1.54) is 29.5 Å². The Labute approximate surface area is 165 Å². The molecule has 7 heteroatoms. The topological polar surface area (TPSA) is 66.6 Å². The first kappa shape index (κ1) is 19.0. The maximum Gasteiger partial charge on any atom is 0.254 e. The van der Waals surface area contributed by atoms with Crippen molar-refractivity contribution in [1.29, 1.82) is 0 Å². The molecule has 0 bridgehead atoms. The first-order valence-electron chi connectivity index (χ1n) is 9.30. The highest BCUT2D eigenvalue weighted by atomic mass is 32.2. The zero-order valence-electron chi connectivity index (χ0n) is 16.0. The molecule has 0 spiro atoms. The van der Waals surface area contributed by atoms with Crippen molar-refractivity contribution in [2.75, 3.05) is 13.7 Å². The number of hydrogen-bond donors (Lipinski definition) is 1. The molecule has 1 heterocycles. The second kappa shape index (κ2) is 6.60. The Bertz CT molecular complexity index is 1070. The largest absolute Gasteiger partial charge is 0.360 e. The SMILES string of the molecule is CN1C=C(S(N)(=O)=O)N(C(C)(c2cccc(F)c2)c2ccc3c(c2)CCC3)C1. The minimum atomic E-state index is -3.95. The molecule has 1 aliphatic carbocycles. The van der Waals surface area contributed by atoms with Gasteiger partial charge in [0.25, 0.3) is 10.0 Å². The molecule has 2 aliphatic rings. The summed E-state index contributed by atoms with van der Waals surface area (Å²) < 4.78 is 38.8. The van der Waals surface area contributed by atoms with E-state index in [2.05, 4.69) is 12.1 Å². The molecule has 0 amide bonds. The van der Waals surface area contributed by atoms with Crippen molar-refractivity contribution in [2.24, 2.45) is 5.14 Å². The minimum absolute atomic E-state index is 0.0299. The second-order valence-corrected chi connectivity index (χ2v) is 9.27. The monoisotopic (exact) mass is 401 g/mol. The van der Waals surface area contributed by atoms with Crippen molar-refractivity contribution < 1.29 is 12.8 Å². The average Bonchev–Trinajstić information content (AvgIpc) is 3.26. The van der Waals surface area contributed by atoms with Crippen molar-refractivity contribution in [1.82, 2.24) is 9.80 Å². The van der Waals surface area contributed by atoms with Crippen LogP contribution in [-0.4, -0.2) is 31.9 Å². The van der Waals surface area contributed by atoms with Gasteiger partial charge >= 0.3 is 0 Å². The van der Waals surface area contributed by atoms with Crippen LogP contribution in [0.2, 0.25) is 0 Å². The van der Waals surface area contributed by atoms with Gasteiger partial charge in [0.2, 0.25) is 0 Å². The number of benzene rings is 2. The van der Waals surface area contributed by atoms with E-state index in [0.717, 1.165) is 24.8 Å². The Balaban J connectivity index is 1.94. The third-order valence-corrected chi connectivity index (χ3v) is 6.75. The van der Waals surface area contributed by atoms with E-state index in [0.29, 0.717) is 12.2 Å². The van der Waals surface area contributed by atoms with Gasteiger partial charge in [0.1, 0.15) is 5.82 Å². The van der Waals surface area contributed by atoms with Crippen LogP contribution >= 0.6 is 0 Å². The number of aryl methyl sites for hydroxylation is 2. The molecular formula is C21H24FN3O2S. The van der Waals surface area contributed by atoms with E-state index >= 15 is 0 Å². The predicted molar refractivity (Wildman–Crippen MR) is 107 cm³/mol. The standard InChI is InChI=1S/C21H24FN3O2S/c1-21(17-7-4-8-19(22)12-17,18-10-9-15-5-3-6-16(15)11-18)25-14-24(2)13-20(25)28(23,26)27/h4,7-13H,3,5-6,14H2,1-2H3,(H2,23,26,27). The Kier molecular flexibility index (Phi) is 4.47. The van der Waals surface area contributed by atoms with Gasteiger partial charge in [0.15, 0.2) is 5.03 Å². The molecule has 2 aromatic carbocycles. The van der Waals surface area contributed by atoms with Crippen LogP contribution in [-0.2, 0) is 28.4 Å². The Morgan fingerprint density at radius 3 is 2.50 bits per heavy atom. The smallest absolute Gasteiger partial charge is 0.254 e. The van der Waals surface area contributed by atoms with E-state index in [1.54, 1.807) is 22.9 Å². The number of nitrogens with zero attached hydrogens (tertiary/aromatic N) is 2. The quantitative estimate of drug-likeness (QED) is 0.856. The van der Waals surface area contributed by atoms with Crippen LogP contribution in [0.5, 0.6) is 0 Å². The van der Waals surface area contributed by atoms with Gasteiger partial charge in [-0.3, -0.25) is 0 Å². The summed E-state index contributed by atoms with van der Waals surface area (Å²) in [5, 5.41) is 5.56. The summed E-state index contributed by atoms with van der Waals surface area (Å²) in [6, 6.07) is 12.6. The molecule has 1 unspecified atom stereocenters. The third-order valence-electron chi connectivity index (χ3n) is 5.84. The maximum absolute atomic E-state index is 14.1. The summed E-state index contributed by atoms with van der Waals surface area (Å²) in [6.07, 6.45) is 4.70. The Morgan fingerprint density at radius 2 is 1.79 bits per heavy atom. The zero-order valence-corrected chi connectivity index (χ0v) is 16.8. The van der Waals surface area contributed by atoms with Gasteiger partial charge in [0.05, 0.1) is 12.2 Å².